The third-order valence-corrected chi connectivity index (χ3v) is 11.0. The van der Waals surface area contributed by atoms with Crippen LogP contribution in [0.3, 0.4) is 0 Å². The summed E-state index contributed by atoms with van der Waals surface area (Å²) in [6.07, 6.45) is 1.87. The number of imide groups is 1. The SMILES string of the molecule is COc1cc([C@H]2C3=CCn4c(=O)n(C)c(=O)n4[C@@H]3C[C@H]3C(=O)N(c4ccc(F)c(Cl)c4)C(=O)[C@@]23C)c(Br)c(Br)c1O. The third kappa shape index (κ3) is 3.64. The molecule has 2 fully saturated rings. The zero-order valence-electron chi connectivity index (χ0n) is 21.8. The van der Waals surface area contributed by atoms with E-state index in [9.17, 15) is 28.7 Å². The number of allylic oxidation sites excluding steroid dienone is 2. The minimum Gasteiger partial charge on any atom is -0.503 e. The fraction of sp³-hybridized carbons (Fsp3) is 0.333. The lowest BCUT2D eigenvalue weighted by molar-refractivity contribution is -0.129. The Kier molecular flexibility index (Phi) is 6.44. The number of aromatic nitrogens is 3. The van der Waals surface area contributed by atoms with Crippen molar-refractivity contribution >= 4 is 61.0 Å². The molecule has 6 rings (SSSR count). The third-order valence-electron chi connectivity index (χ3n) is 8.60. The molecule has 4 atom stereocenters. The molecular formula is C27H22Br2ClFN4O6. The van der Waals surface area contributed by atoms with E-state index in [0.29, 0.717) is 15.6 Å². The Labute approximate surface area is 253 Å². The van der Waals surface area contributed by atoms with Gasteiger partial charge in [0.2, 0.25) is 11.8 Å². The zero-order chi connectivity index (χ0) is 29.7. The second-order valence-electron chi connectivity index (χ2n) is 10.5. The molecule has 0 radical (unpaired) electrons. The van der Waals surface area contributed by atoms with Crippen LogP contribution in [-0.2, 0) is 23.2 Å². The number of carbonyl (C=O) groups excluding carboxylic acids is 2. The number of hydrogen-bond acceptors (Lipinski definition) is 6. The highest BCUT2D eigenvalue weighted by molar-refractivity contribution is 9.13. The van der Waals surface area contributed by atoms with Crippen molar-refractivity contribution in [2.75, 3.05) is 12.0 Å². The van der Waals surface area contributed by atoms with Crippen LogP contribution in [0.1, 0.15) is 30.9 Å². The van der Waals surface area contributed by atoms with Crippen molar-refractivity contribution in [3.8, 4) is 11.5 Å². The second kappa shape index (κ2) is 9.43. The number of amides is 2. The first kappa shape index (κ1) is 28.0. The fourth-order valence-corrected chi connectivity index (χ4v) is 7.71. The topological polar surface area (TPSA) is 116 Å². The van der Waals surface area contributed by atoms with Gasteiger partial charge in [-0.05, 0) is 80.6 Å². The molecule has 3 heterocycles. The summed E-state index contributed by atoms with van der Waals surface area (Å²) in [7, 11) is 2.77. The Balaban J connectivity index is 1.63. The summed E-state index contributed by atoms with van der Waals surface area (Å²) < 4.78 is 23.8. The van der Waals surface area contributed by atoms with Crippen LogP contribution >= 0.6 is 43.5 Å². The van der Waals surface area contributed by atoms with Crippen LogP contribution in [0, 0.1) is 17.2 Å². The number of halogens is 4. The molecule has 41 heavy (non-hydrogen) atoms. The molecule has 1 aliphatic carbocycles. The number of rotatable bonds is 3. The molecule has 1 N–H and O–H groups in total. The number of hydrogen-bond donors (Lipinski definition) is 1. The van der Waals surface area contributed by atoms with Crippen molar-refractivity contribution in [1.29, 1.82) is 0 Å². The van der Waals surface area contributed by atoms with E-state index in [1.54, 1.807) is 13.0 Å². The Morgan fingerprint density at radius 3 is 2.49 bits per heavy atom. The Morgan fingerprint density at radius 2 is 1.83 bits per heavy atom. The zero-order valence-corrected chi connectivity index (χ0v) is 25.8. The first-order valence-electron chi connectivity index (χ1n) is 12.5. The number of ether oxygens (including phenoxy) is 1. The molecule has 2 aliphatic heterocycles. The summed E-state index contributed by atoms with van der Waals surface area (Å²) in [6.45, 7) is 1.77. The minimum atomic E-state index is -1.38. The molecule has 1 saturated heterocycles. The van der Waals surface area contributed by atoms with Gasteiger partial charge in [-0.3, -0.25) is 9.59 Å². The molecule has 10 nitrogen and oxygen atoms in total. The first-order valence-corrected chi connectivity index (χ1v) is 14.5. The molecule has 2 amide bonds. The summed E-state index contributed by atoms with van der Waals surface area (Å²) >= 11 is 13.0. The molecule has 1 aromatic heterocycles. The van der Waals surface area contributed by atoms with Gasteiger partial charge >= 0.3 is 11.4 Å². The Bertz CT molecular complexity index is 1850. The van der Waals surface area contributed by atoms with E-state index in [1.807, 2.05) is 6.08 Å². The molecule has 1 saturated carbocycles. The number of benzene rings is 2. The Morgan fingerprint density at radius 1 is 1.12 bits per heavy atom. The number of anilines is 1. The van der Waals surface area contributed by atoms with E-state index in [0.717, 1.165) is 15.5 Å². The van der Waals surface area contributed by atoms with Crippen LogP contribution < -0.4 is 21.0 Å². The molecule has 0 unspecified atom stereocenters. The van der Waals surface area contributed by atoms with Crippen LogP contribution in [-0.4, -0.2) is 38.0 Å². The lowest BCUT2D eigenvalue weighted by atomic mass is 9.56. The standard InChI is InChI=1S/C27H22Br2ClFN4O6/c1-27-14(23(37)34(24(27)38)11-4-5-16(31)15(30)8-11)10-17-12(6-7-33-25(39)32(2)26(40)35(17)33)19(27)13-9-18(41-3)22(36)21(29)20(13)28/h4-6,8-9,14,17,19,36H,7,10H2,1-3H3/t14-,17+,19+,27+/m0/s1. The van der Waals surface area contributed by atoms with Gasteiger partial charge in [-0.2, -0.15) is 0 Å². The van der Waals surface area contributed by atoms with Crippen molar-refractivity contribution in [2.24, 2.45) is 18.4 Å². The lowest BCUT2D eigenvalue weighted by Crippen LogP contribution is -2.49. The first-order chi connectivity index (χ1) is 19.3. The van der Waals surface area contributed by atoms with E-state index in [2.05, 4.69) is 31.9 Å². The van der Waals surface area contributed by atoms with Crippen LogP contribution in [0.4, 0.5) is 10.1 Å². The van der Waals surface area contributed by atoms with Crippen molar-refractivity contribution in [3.63, 3.8) is 0 Å². The summed E-state index contributed by atoms with van der Waals surface area (Å²) in [5.74, 6) is -3.55. The molecule has 2 aromatic carbocycles. The molecular weight excluding hydrogens is 691 g/mol. The van der Waals surface area contributed by atoms with Gasteiger partial charge in [0, 0.05) is 17.4 Å². The molecule has 214 valence electrons. The highest BCUT2D eigenvalue weighted by Gasteiger charge is 2.65. The second-order valence-corrected chi connectivity index (χ2v) is 12.5. The van der Waals surface area contributed by atoms with Gasteiger partial charge in [0.25, 0.3) is 0 Å². The smallest absolute Gasteiger partial charge is 0.347 e. The van der Waals surface area contributed by atoms with Crippen molar-refractivity contribution in [1.82, 2.24) is 13.9 Å². The van der Waals surface area contributed by atoms with Crippen LogP contribution in [0.2, 0.25) is 5.02 Å². The van der Waals surface area contributed by atoms with Gasteiger partial charge in [0.1, 0.15) is 5.82 Å². The molecule has 0 spiro atoms. The summed E-state index contributed by atoms with van der Waals surface area (Å²) in [4.78, 5) is 55.6. The summed E-state index contributed by atoms with van der Waals surface area (Å²) in [5.41, 5.74) is -1.12. The fourth-order valence-electron chi connectivity index (χ4n) is 6.58. The Hall–Kier alpha value is -3.16. The highest BCUT2D eigenvalue weighted by Crippen LogP contribution is 2.63. The number of phenols is 1. The number of nitrogens with zero attached hydrogens (tertiary/aromatic N) is 4. The number of aromatic hydroxyl groups is 1. The van der Waals surface area contributed by atoms with Crippen molar-refractivity contribution < 1.29 is 23.8 Å². The molecule has 14 heteroatoms. The number of methoxy groups -OCH3 is 1. The van der Waals surface area contributed by atoms with Gasteiger partial charge in [-0.25, -0.2) is 32.8 Å². The maximum absolute atomic E-state index is 14.4. The highest BCUT2D eigenvalue weighted by atomic mass is 79.9. The van der Waals surface area contributed by atoms with Gasteiger partial charge in [-0.15, -0.1) is 0 Å². The number of carbonyl (C=O) groups is 2. The van der Waals surface area contributed by atoms with Crippen LogP contribution in [0.5, 0.6) is 11.5 Å². The quantitative estimate of drug-likeness (QED) is 0.321. The average molecular weight is 713 g/mol. The maximum atomic E-state index is 14.4. The maximum Gasteiger partial charge on any atom is 0.347 e. The monoisotopic (exact) mass is 710 g/mol. The normalized spacial score (nSPS) is 25.1. The lowest BCUT2D eigenvalue weighted by Gasteiger charge is -2.47. The number of fused-ring (bicyclic) bond motifs is 4. The average Bonchev–Trinajstić information content (AvgIpc) is 3.29. The van der Waals surface area contributed by atoms with Crippen LogP contribution in [0.15, 0.2) is 54.4 Å². The van der Waals surface area contributed by atoms with E-state index < -0.39 is 52.3 Å². The predicted molar refractivity (Wildman–Crippen MR) is 154 cm³/mol. The van der Waals surface area contributed by atoms with E-state index >= 15 is 0 Å². The van der Waals surface area contributed by atoms with Crippen molar-refractivity contribution in [3.05, 3.63) is 82.2 Å². The number of phenolic OH excluding ortho intramolecular Hbond substituents is 1. The van der Waals surface area contributed by atoms with E-state index in [1.165, 1.54) is 35.7 Å². The van der Waals surface area contributed by atoms with E-state index in [4.69, 9.17) is 16.3 Å². The van der Waals surface area contributed by atoms with Gasteiger partial charge in [0.15, 0.2) is 11.5 Å². The summed E-state index contributed by atoms with van der Waals surface area (Å²) in [6, 6.07) is 4.49. The van der Waals surface area contributed by atoms with Crippen LogP contribution in [0.25, 0.3) is 0 Å². The molecule has 0 bridgehead atoms. The summed E-state index contributed by atoms with van der Waals surface area (Å²) in [5, 5.41) is 10.4. The van der Waals surface area contributed by atoms with Gasteiger partial charge < -0.3 is 9.84 Å². The minimum absolute atomic E-state index is 0.0617. The van der Waals surface area contributed by atoms with E-state index in [-0.39, 0.29) is 39.6 Å². The largest absolute Gasteiger partial charge is 0.503 e. The molecule has 3 aliphatic rings. The van der Waals surface area contributed by atoms with Gasteiger partial charge in [-0.1, -0.05) is 17.7 Å². The molecule has 3 aromatic rings. The predicted octanol–water partition coefficient (Wildman–Crippen LogP) is 4.24. The van der Waals surface area contributed by atoms with Crippen molar-refractivity contribution in [2.45, 2.75) is 31.8 Å². The van der Waals surface area contributed by atoms with Gasteiger partial charge in [0.05, 0.1) is 46.2 Å².